The van der Waals surface area contributed by atoms with Gasteiger partial charge in [-0.2, -0.15) is 0 Å². The Labute approximate surface area is 208 Å². The highest BCUT2D eigenvalue weighted by atomic mass is 79.9. The smallest absolute Gasteiger partial charge is 0.227 e. The van der Waals surface area contributed by atoms with Gasteiger partial charge in [-0.3, -0.25) is 4.79 Å². The number of anilines is 1. The normalized spacial score (nSPS) is 16.1. The molecule has 1 unspecified atom stereocenters. The lowest BCUT2D eigenvalue weighted by Crippen LogP contribution is -2.24. The Morgan fingerprint density at radius 3 is 2.56 bits per heavy atom. The van der Waals surface area contributed by atoms with Crippen molar-refractivity contribution < 1.29 is 9.53 Å². The molecule has 5 nitrogen and oxygen atoms in total. The van der Waals surface area contributed by atoms with Crippen LogP contribution in [0.2, 0.25) is 0 Å². The maximum Gasteiger partial charge on any atom is 0.227 e. The Morgan fingerprint density at radius 1 is 1.03 bits per heavy atom. The van der Waals surface area contributed by atoms with Crippen LogP contribution in [0.5, 0.6) is 5.75 Å². The molecule has 0 aliphatic carbocycles. The van der Waals surface area contributed by atoms with E-state index in [1.807, 2.05) is 59.5 Å². The number of nitrogens with zero attached hydrogens (tertiary/aromatic N) is 3. The van der Waals surface area contributed by atoms with Crippen molar-refractivity contribution in [1.29, 1.82) is 0 Å². The SMILES string of the molecule is CC(C)c1ccccc1OCCn1c(C2CC(=O)N(c3ccc(Br)cc3)C2)nc2ccccc21. The standard InChI is InChI=1S/C28H28BrN3O2/c1-19(2)23-7-3-6-10-26(23)34-16-15-31-25-9-5-4-8-24(25)30-28(31)20-17-27(33)32(18-20)22-13-11-21(29)12-14-22/h3-14,19-20H,15-18H2,1-2H3. The number of carbonyl (C=O) groups excluding carboxylic acids is 1. The van der Waals surface area contributed by atoms with Gasteiger partial charge >= 0.3 is 0 Å². The topological polar surface area (TPSA) is 47.4 Å². The second kappa shape index (κ2) is 9.63. The Hall–Kier alpha value is -3.12. The van der Waals surface area contributed by atoms with Gasteiger partial charge in [-0.15, -0.1) is 0 Å². The summed E-state index contributed by atoms with van der Waals surface area (Å²) < 4.78 is 9.46. The van der Waals surface area contributed by atoms with Crippen LogP contribution in [0, 0.1) is 0 Å². The first kappa shape index (κ1) is 22.7. The molecular formula is C28H28BrN3O2. The van der Waals surface area contributed by atoms with Crippen molar-refractivity contribution in [1.82, 2.24) is 9.55 Å². The van der Waals surface area contributed by atoms with Crippen molar-refractivity contribution in [3.63, 3.8) is 0 Å². The number of benzene rings is 3. The molecule has 1 atom stereocenters. The number of amides is 1. The number of hydrogen-bond donors (Lipinski definition) is 0. The van der Waals surface area contributed by atoms with Crippen LogP contribution in [0.3, 0.4) is 0 Å². The van der Waals surface area contributed by atoms with Crippen LogP contribution >= 0.6 is 15.9 Å². The second-order valence-electron chi connectivity index (χ2n) is 9.03. The molecule has 0 bridgehead atoms. The first-order valence-electron chi connectivity index (χ1n) is 11.7. The molecule has 1 aromatic heterocycles. The highest BCUT2D eigenvalue weighted by molar-refractivity contribution is 9.10. The van der Waals surface area contributed by atoms with Gasteiger partial charge in [0.15, 0.2) is 0 Å². The molecule has 1 amide bonds. The molecule has 1 aliphatic rings. The molecule has 34 heavy (non-hydrogen) atoms. The second-order valence-corrected chi connectivity index (χ2v) is 9.95. The number of fused-ring (bicyclic) bond motifs is 1. The number of para-hydroxylation sites is 3. The summed E-state index contributed by atoms with van der Waals surface area (Å²) in [6, 6.07) is 24.3. The first-order chi connectivity index (χ1) is 16.5. The van der Waals surface area contributed by atoms with Crippen molar-refractivity contribution in [3.8, 4) is 5.75 Å². The predicted molar refractivity (Wildman–Crippen MR) is 140 cm³/mol. The van der Waals surface area contributed by atoms with Crippen molar-refractivity contribution in [2.75, 3.05) is 18.1 Å². The van der Waals surface area contributed by atoms with Crippen LogP contribution in [0.15, 0.2) is 77.3 Å². The van der Waals surface area contributed by atoms with Crippen LogP contribution in [0.25, 0.3) is 11.0 Å². The van der Waals surface area contributed by atoms with E-state index in [1.165, 1.54) is 5.56 Å². The third kappa shape index (κ3) is 4.47. The molecule has 5 rings (SSSR count). The number of carbonyl (C=O) groups is 1. The molecule has 0 radical (unpaired) electrons. The van der Waals surface area contributed by atoms with Gasteiger partial charge in [-0.1, -0.05) is 60.1 Å². The number of imidazole rings is 1. The quantitative estimate of drug-likeness (QED) is 0.280. The minimum atomic E-state index is 0.0338. The average molecular weight is 518 g/mol. The molecule has 4 aromatic rings. The van der Waals surface area contributed by atoms with Crippen LogP contribution < -0.4 is 9.64 Å². The number of rotatable bonds is 7. The Bertz CT molecular complexity index is 1310. The molecule has 3 aromatic carbocycles. The third-order valence-corrected chi connectivity index (χ3v) is 6.95. The maximum absolute atomic E-state index is 12.9. The minimum Gasteiger partial charge on any atom is -0.491 e. The van der Waals surface area contributed by atoms with Gasteiger partial charge in [0, 0.05) is 29.0 Å². The Kier molecular flexibility index (Phi) is 6.42. The molecule has 1 aliphatic heterocycles. The van der Waals surface area contributed by atoms with Crippen LogP contribution in [0.1, 0.15) is 43.5 Å². The fourth-order valence-corrected chi connectivity index (χ4v) is 4.99. The van der Waals surface area contributed by atoms with Crippen LogP contribution in [-0.4, -0.2) is 28.6 Å². The summed E-state index contributed by atoms with van der Waals surface area (Å²) in [6.45, 7) is 6.19. The molecule has 1 fully saturated rings. The highest BCUT2D eigenvalue weighted by Crippen LogP contribution is 2.34. The zero-order valence-electron chi connectivity index (χ0n) is 19.4. The maximum atomic E-state index is 12.9. The van der Waals surface area contributed by atoms with Crippen molar-refractivity contribution >= 4 is 38.6 Å². The van der Waals surface area contributed by atoms with E-state index in [-0.39, 0.29) is 11.8 Å². The summed E-state index contributed by atoms with van der Waals surface area (Å²) in [7, 11) is 0. The van der Waals surface area contributed by atoms with E-state index >= 15 is 0 Å². The van der Waals surface area contributed by atoms with E-state index in [4.69, 9.17) is 9.72 Å². The fraction of sp³-hybridized carbons (Fsp3) is 0.286. The zero-order valence-corrected chi connectivity index (χ0v) is 21.0. The van der Waals surface area contributed by atoms with Crippen molar-refractivity contribution in [3.05, 3.63) is 88.7 Å². The number of halogens is 1. The summed E-state index contributed by atoms with van der Waals surface area (Å²) in [5, 5.41) is 0. The van der Waals surface area contributed by atoms with E-state index in [9.17, 15) is 4.79 Å². The van der Waals surface area contributed by atoms with E-state index in [0.717, 1.165) is 32.8 Å². The van der Waals surface area contributed by atoms with Gasteiger partial charge in [0.25, 0.3) is 0 Å². The Morgan fingerprint density at radius 2 is 1.76 bits per heavy atom. The van der Waals surface area contributed by atoms with Crippen molar-refractivity contribution in [2.24, 2.45) is 0 Å². The summed E-state index contributed by atoms with van der Waals surface area (Å²) >= 11 is 3.47. The van der Waals surface area contributed by atoms with Crippen LogP contribution in [0.4, 0.5) is 5.69 Å². The van der Waals surface area contributed by atoms with Gasteiger partial charge in [0.05, 0.1) is 17.6 Å². The number of aromatic nitrogens is 2. The minimum absolute atomic E-state index is 0.0338. The molecule has 1 saturated heterocycles. The molecule has 0 saturated carbocycles. The van der Waals surface area contributed by atoms with E-state index in [2.05, 4.69) is 52.5 Å². The molecule has 6 heteroatoms. The summed E-state index contributed by atoms with van der Waals surface area (Å²) in [4.78, 5) is 19.8. The highest BCUT2D eigenvalue weighted by Gasteiger charge is 2.34. The largest absolute Gasteiger partial charge is 0.491 e. The average Bonchev–Trinajstić information content (AvgIpc) is 3.40. The lowest BCUT2D eigenvalue weighted by atomic mass is 10.0. The first-order valence-corrected chi connectivity index (χ1v) is 12.5. The third-order valence-electron chi connectivity index (χ3n) is 6.43. The van der Waals surface area contributed by atoms with Crippen LogP contribution in [-0.2, 0) is 11.3 Å². The van der Waals surface area contributed by atoms with E-state index in [0.29, 0.717) is 32.0 Å². The summed E-state index contributed by atoms with van der Waals surface area (Å²) in [5.41, 5.74) is 4.17. The van der Waals surface area contributed by atoms with Gasteiger partial charge in [-0.05, 0) is 53.9 Å². The number of ether oxygens (including phenoxy) is 1. The summed E-state index contributed by atoms with van der Waals surface area (Å²) in [5.74, 6) is 2.45. The molecule has 174 valence electrons. The van der Waals surface area contributed by atoms with Gasteiger partial charge in [-0.25, -0.2) is 4.98 Å². The lowest BCUT2D eigenvalue weighted by Gasteiger charge is -2.18. The number of hydrogen-bond acceptors (Lipinski definition) is 3. The fourth-order valence-electron chi connectivity index (χ4n) is 4.73. The Balaban J connectivity index is 1.40. The monoisotopic (exact) mass is 517 g/mol. The zero-order chi connectivity index (χ0) is 23.7. The predicted octanol–water partition coefficient (Wildman–Crippen LogP) is 6.52. The lowest BCUT2D eigenvalue weighted by molar-refractivity contribution is -0.117. The molecule has 0 spiro atoms. The summed E-state index contributed by atoms with van der Waals surface area (Å²) in [6.07, 6.45) is 0.455. The van der Waals surface area contributed by atoms with Gasteiger partial charge in [0.1, 0.15) is 18.2 Å². The molecule has 0 N–H and O–H groups in total. The van der Waals surface area contributed by atoms with Gasteiger partial charge in [0.2, 0.25) is 5.91 Å². The van der Waals surface area contributed by atoms with Gasteiger partial charge < -0.3 is 14.2 Å². The van der Waals surface area contributed by atoms with Crippen molar-refractivity contribution in [2.45, 2.75) is 38.6 Å². The van der Waals surface area contributed by atoms with E-state index in [1.54, 1.807) is 0 Å². The van der Waals surface area contributed by atoms with E-state index < -0.39 is 0 Å². The molecule has 2 heterocycles. The molecular weight excluding hydrogens is 490 g/mol.